The van der Waals surface area contributed by atoms with Crippen molar-refractivity contribution in [3.63, 3.8) is 0 Å². The van der Waals surface area contributed by atoms with Crippen molar-refractivity contribution in [2.75, 3.05) is 20.1 Å². The predicted molar refractivity (Wildman–Crippen MR) is 92.1 cm³/mol. The number of likely N-dealkylation sites (N-methyl/N-ethyl adjacent to an activating group) is 1. The van der Waals surface area contributed by atoms with E-state index in [1.807, 2.05) is 46.6 Å². The molecule has 0 unspecified atom stereocenters. The number of carbonyl (C=O) groups excluding carboxylic acids is 1. The molecule has 2 rings (SSSR count). The molecule has 1 N–H and O–H groups in total. The summed E-state index contributed by atoms with van der Waals surface area (Å²) in [5.74, 6) is 0.833. The van der Waals surface area contributed by atoms with E-state index in [0.29, 0.717) is 24.5 Å². The maximum Gasteiger partial charge on any atom is 3.00 e. The first-order chi connectivity index (χ1) is 10.8. The average Bonchev–Trinajstić information content (AvgIpc) is 2.42. The van der Waals surface area contributed by atoms with Crippen LogP contribution in [0.1, 0.15) is 47.4 Å². The fraction of sp³-hybridized carbons (Fsp3) is 0.765. The molecule has 0 radical (unpaired) electrons. The molecule has 1 aliphatic heterocycles. The molecular formula is C17H29N6OY+2. The maximum atomic E-state index is 12.9. The van der Waals surface area contributed by atoms with Crippen LogP contribution in [0.3, 0.4) is 0 Å². The van der Waals surface area contributed by atoms with Gasteiger partial charge in [-0.05, 0) is 54.4 Å². The van der Waals surface area contributed by atoms with Gasteiger partial charge in [0.15, 0.2) is 0 Å². The molecular weight excluding hydrogens is 393 g/mol. The van der Waals surface area contributed by atoms with Crippen molar-refractivity contribution in [2.24, 2.45) is 4.99 Å². The zero-order valence-electron chi connectivity index (χ0n) is 16.6. The minimum Gasteiger partial charge on any atom is -0.419 e. The van der Waals surface area contributed by atoms with Crippen LogP contribution in [0, 0.1) is 13.3 Å². The summed E-state index contributed by atoms with van der Waals surface area (Å²) in [5.41, 5.74) is -0.627. The standard InChI is InChI=1S/C17H29N6O.Y/c1-12-18-11-19-14(20-12)21-15(2,3)9-23-10-16(4,5)22(8)17(6,7)13(23)24;/h9-10H2,1-8H3,(H,18,19,20,21);/q-1;+3. The van der Waals surface area contributed by atoms with Gasteiger partial charge in [-0.25, -0.2) is 0 Å². The number of piperazine rings is 1. The van der Waals surface area contributed by atoms with Crippen LogP contribution in [0.5, 0.6) is 0 Å². The van der Waals surface area contributed by atoms with Gasteiger partial charge in [0.25, 0.3) is 0 Å². The molecule has 0 aliphatic carbocycles. The summed E-state index contributed by atoms with van der Waals surface area (Å²) < 4.78 is 0. The molecule has 1 aliphatic rings. The second-order valence-electron chi connectivity index (χ2n) is 8.37. The van der Waals surface area contributed by atoms with Gasteiger partial charge in [-0.3, -0.25) is 9.69 Å². The first-order valence-electron chi connectivity index (χ1n) is 8.25. The van der Waals surface area contributed by atoms with Gasteiger partial charge in [-0.15, -0.1) is 0 Å². The molecule has 0 spiro atoms. The minimum absolute atomic E-state index is 0. The Kier molecular flexibility index (Phi) is 6.74. The van der Waals surface area contributed by atoms with E-state index >= 15 is 0 Å². The Labute approximate surface area is 175 Å². The topological polar surface area (TPSA) is 77.5 Å². The van der Waals surface area contributed by atoms with Crippen molar-refractivity contribution in [3.8, 4) is 0 Å². The van der Waals surface area contributed by atoms with Gasteiger partial charge in [-0.2, -0.15) is 0 Å². The average molecular weight is 422 g/mol. The monoisotopic (exact) mass is 422 g/mol. The summed E-state index contributed by atoms with van der Waals surface area (Å²) in [6.07, 6.45) is 2.58. The SMILES string of the molecule is Cc1n[c-]nc(=NC(C)(C)CN2CC(C)(C)N(C)C(C)(C)C2=O)[nH]1.[Y+3]. The molecule has 1 saturated heterocycles. The molecule has 1 amide bonds. The number of rotatable bonds is 3. The van der Waals surface area contributed by atoms with E-state index in [-0.39, 0.29) is 44.2 Å². The Bertz CT molecular complexity index is 694. The molecule has 1 aromatic heterocycles. The van der Waals surface area contributed by atoms with E-state index in [4.69, 9.17) is 0 Å². The van der Waals surface area contributed by atoms with E-state index in [0.717, 1.165) is 0 Å². The molecule has 8 heteroatoms. The summed E-state index contributed by atoms with van der Waals surface area (Å²) in [5, 5.41) is 0. The number of H-pyrrole nitrogens is 1. The van der Waals surface area contributed by atoms with Crippen LogP contribution in [-0.4, -0.2) is 67.4 Å². The van der Waals surface area contributed by atoms with E-state index in [1.165, 1.54) is 0 Å². The van der Waals surface area contributed by atoms with Gasteiger partial charge in [0, 0.05) is 25.0 Å². The van der Waals surface area contributed by atoms with Crippen LogP contribution in [0.2, 0.25) is 0 Å². The van der Waals surface area contributed by atoms with Crippen molar-refractivity contribution in [2.45, 2.75) is 65.1 Å². The largest absolute Gasteiger partial charge is 3.00 e. The van der Waals surface area contributed by atoms with Crippen LogP contribution in [0.15, 0.2) is 4.99 Å². The van der Waals surface area contributed by atoms with Crippen LogP contribution in [0.4, 0.5) is 0 Å². The first kappa shape index (κ1) is 22.4. The quantitative estimate of drug-likeness (QED) is 0.736. The number of hydrogen-bond donors (Lipinski definition) is 1. The number of aryl methyl sites for hydroxylation is 1. The predicted octanol–water partition coefficient (Wildman–Crippen LogP) is 0.921. The summed E-state index contributed by atoms with van der Waals surface area (Å²) in [7, 11) is 2.01. The second kappa shape index (κ2) is 7.53. The van der Waals surface area contributed by atoms with Crippen molar-refractivity contribution in [1.29, 1.82) is 0 Å². The molecule has 2 heterocycles. The third kappa shape index (κ3) is 4.95. The Morgan fingerprint density at radius 2 is 1.88 bits per heavy atom. The van der Waals surface area contributed by atoms with Crippen molar-refractivity contribution >= 4 is 5.91 Å². The van der Waals surface area contributed by atoms with Crippen LogP contribution in [-0.2, 0) is 37.5 Å². The number of nitrogens with zero attached hydrogens (tertiary/aromatic N) is 5. The van der Waals surface area contributed by atoms with Gasteiger partial charge in [0.1, 0.15) is 5.62 Å². The first-order valence-corrected chi connectivity index (χ1v) is 8.25. The fourth-order valence-electron chi connectivity index (χ4n) is 3.27. The minimum atomic E-state index is -0.538. The van der Waals surface area contributed by atoms with Crippen molar-refractivity contribution < 1.29 is 37.5 Å². The Morgan fingerprint density at radius 3 is 2.44 bits per heavy atom. The molecule has 0 bridgehead atoms. The number of aromatic amines is 1. The number of amides is 1. The van der Waals surface area contributed by atoms with E-state index in [9.17, 15) is 4.79 Å². The molecule has 0 saturated carbocycles. The van der Waals surface area contributed by atoms with Crippen molar-refractivity contribution in [3.05, 3.63) is 17.8 Å². The van der Waals surface area contributed by atoms with Gasteiger partial charge < -0.3 is 24.8 Å². The maximum absolute atomic E-state index is 12.9. The summed E-state index contributed by atoms with van der Waals surface area (Å²) >= 11 is 0. The van der Waals surface area contributed by atoms with E-state index in [1.54, 1.807) is 0 Å². The number of carbonyl (C=O) groups is 1. The van der Waals surface area contributed by atoms with Gasteiger partial charge in [-0.1, -0.05) is 6.92 Å². The van der Waals surface area contributed by atoms with Crippen LogP contribution in [0.25, 0.3) is 0 Å². The van der Waals surface area contributed by atoms with Crippen LogP contribution < -0.4 is 5.62 Å². The van der Waals surface area contributed by atoms with Crippen LogP contribution >= 0.6 is 0 Å². The van der Waals surface area contributed by atoms with Gasteiger partial charge in [0.05, 0.1) is 11.1 Å². The number of aromatic nitrogens is 3. The fourth-order valence-corrected chi connectivity index (χ4v) is 3.27. The Hall–Kier alpha value is -0.656. The third-order valence-electron chi connectivity index (χ3n) is 4.79. The molecule has 7 nitrogen and oxygen atoms in total. The molecule has 1 aromatic rings. The Morgan fingerprint density at radius 1 is 1.28 bits per heavy atom. The number of nitrogens with one attached hydrogen (secondary N) is 1. The second-order valence-corrected chi connectivity index (χ2v) is 8.37. The van der Waals surface area contributed by atoms with Gasteiger partial charge >= 0.3 is 32.7 Å². The summed E-state index contributed by atoms with van der Waals surface area (Å²) in [6, 6.07) is 0. The Balaban J connectivity index is 0.00000312. The molecule has 0 atom stereocenters. The molecule has 0 aromatic carbocycles. The molecule has 1 fully saturated rings. The molecule has 134 valence electrons. The third-order valence-corrected chi connectivity index (χ3v) is 4.79. The van der Waals surface area contributed by atoms with E-state index in [2.05, 4.69) is 45.0 Å². The molecule has 25 heavy (non-hydrogen) atoms. The normalized spacial score (nSPS) is 21.2. The van der Waals surface area contributed by atoms with Gasteiger partial charge in [0.2, 0.25) is 5.91 Å². The van der Waals surface area contributed by atoms with E-state index < -0.39 is 11.1 Å². The smallest absolute Gasteiger partial charge is 0.419 e. The van der Waals surface area contributed by atoms with Crippen molar-refractivity contribution in [1.82, 2.24) is 24.8 Å². The number of hydrogen-bond acceptors (Lipinski definition) is 5. The summed E-state index contributed by atoms with van der Waals surface area (Å²) in [4.78, 5) is 32.6. The zero-order valence-corrected chi connectivity index (χ0v) is 19.5. The zero-order chi connectivity index (χ0) is 18.3. The summed E-state index contributed by atoms with van der Waals surface area (Å²) in [6.45, 7) is 15.3.